The molecule has 1 aliphatic heterocycles. The molecule has 98 valence electrons. The van der Waals surface area contributed by atoms with Crippen molar-refractivity contribution in [1.29, 1.82) is 0 Å². The van der Waals surface area contributed by atoms with E-state index in [1.54, 1.807) is 12.3 Å². The second-order valence-electron chi connectivity index (χ2n) is 4.61. The summed E-state index contributed by atoms with van der Waals surface area (Å²) in [5.41, 5.74) is 5.53. The van der Waals surface area contributed by atoms with Gasteiger partial charge < -0.3 is 16.0 Å². The molecule has 1 fully saturated rings. The first-order chi connectivity index (χ1) is 8.79. The van der Waals surface area contributed by atoms with Gasteiger partial charge in [0, 0.05) is 25.2 Å². The highest BCUT2D eigenvalue weighted by molar-refractivity contribution is 5.91. The van der Waals surface area contributed by atoms with Crippen molar-refractivity contribution in [3.8, 4) is 0 Å². The lowest BCUT2D eigenvalue weighted by molar-refractivity contribution is -0.121. The van der Waals surface area contributed by atoms with E-state index in [0.717, 1.165) is 32.5 Å². The fourth-order valence-corrected chi connectivity index (χ4v) is 2.27. The van der Waals surface area contributed by atoms with Gasteiger partial charge in [0.25, 0.3) is 0 Å². The van der Waals surface area contributed by atoms with Crippen molar-refractivity contribution in [3.63, 3.8) is 0 Å². The summed E-state index contributed by atoms with van der Waals surface area (Å²) in [6.07, 6.45) is 3.48. The summed E-state index contributed by atoms with van der Waals surface area (Å²) in [7, 11) is 0. The summed E-state index contributed by atoms with van der Waals surface area (Å²) in [5.74, 6) is 0.814. The molecular weight excluding hydrogens is 228 g/mol. The minimum Gasteiger partial charge on any atom is -0.329 e. The van der Waals surface area contributed by atoms with E-state index in [4.69, 9.17) is 5.73 Å². The third-order valence-electron chi connectivity index (χ3n) is 3.32. The molecule has 18 heavy (non-hydrogen) atoms. The first-order valence-corrected chi connectivity index (χ1v) is 6.44. The third-order valence-corrected chi connectivity index (χ3v) is 3.32. The van der Waals surface area contributed by atoms with Gasteiger partial charge in [0.05, 0.1) is 0 Å². The molecule has 5 nitrogen and oxygen atoms in total. The van der Waals surface area contributed by atoms with Crippen molar-refractivity contribution in [1.82, 2.24) is 9.88 Å². The lowest BCUT2D eigenvalue weighted by Gasteiger charge is -2.30. The topological polar surface area (TPSA) is 71.2 Å². The molecule has 0 bridgehead atoms. The van der Waals surface area contributed by atoms with Gasteiger partial charge in [-0.1, -0.05) is 6.07 Å². The van der Waals surface area contributed by atoms with Gasteiger partial charge in [-0.25, -0.2) is 4.98 Å². The first-order valence-electron chi connectivity index (χ1n) is 6.44. The Bertz CT molecular complexity index is 374. The highest BCUT2D eigenvalue weighted by Crippen LogP contribution is 2.18. The Kier molecular flexibility index (Phi) is 4.66. The summed E-state index contributed by atoms with van der Waals surface area (Å²) < 4.78 is 0. The van der Waals surface area contributed by atoms with Crippen LogP contribution in [0, 0.1) is 5.92 Å². The Balaban J connectivity index is 1.81. The molecule has 5 heteroatoms. The van der Waals surface area contributed by atoms with Crippen molar-refractivity contribution < 1.29 is 4.79 Å². The largest absolute Gasteiger partial charge is 0.329 e. The predicted octanol–water partition coefficient (Wildman–Crippen LogP) is 0.691. The number of piperidine rings is 1. The van der Waals surface area contributed by atoms with E-state index in [0.29, 0.717) is 12.4 Å². The lowest BCUT2D eigenvalue weighted by Crippen LogP contribution is -2.40. The number of amides is 1. The predicted molar refractivity (Wildman–Crippen MR) is 71.1 cm³/mol. The lowest BCUT2D eigenvalue weighted by atomic mass is 9.96. The molecule has 0 unspecified atom stereocenters. The smallest absolute Gasteiger partial charge is 0.228 e. The van der Waals surface area contributed by atoms with Crippen molar-refractivity contribution in [2.75, 3.05) is 31.5 Å². The Labute approximate surface area is 107 Å². The van der Waals surface area contributed by atoms with E-state index < -0.39 is 0 Å². The van der Waals surface area contributed by atoms with E-state index >= 15 is 0 Å². The van der Waals surface area contributed by atoms with Crippen LogP contribution in [-0.4, -0.2) is 42.0 Å². The minimum absolute atomic E-state index is 0.0844. The molecule has 0 aliphatic carbocycles. The number of anilines is 1. The third kappa shape index (κ3) is 3.51. The summed E-state index contributed by atoms with van der Waals surface area (Å²) in [5, 5.41) is 2.87. The molecule has 0 spiro atoms. The minimum atomic E-state index is 0.0844. The average molecular weight is 248 g/mol. The molecule has 1 saturated heterocycles. The molecule has 1 amide bonds. The van der Waals surface area contributed by atoms with Gasteiger partial charge in [-0.3, -0.25) is 4.79 Å². The van der Waals surface area contributed by atoms with Crippen LogP contribution in [0.5, 0.6) is 0 Å². The summed E-state index contributed by atoms with van der Waals surface area (Å²) >= 11 is 0. The maximum Gasteiger partial charge on any atom is 0.228 e. The molecule has 0 aromatic carbocycles. The van der Waals surface area contributed by atoms with Gasteiger partial charge in [0.15, 0.2) is 0 Å². The van der Waals surface area contributed by atoms with Crippen molar-refractivity contribution in [2.24, 2.45) is 11.7 Å². The van der Waals surface area contributed by atoms with E-state index in [2.05, 4.69) is 15.2 Å². The normalized spacial score (nSPS) is 17.6. The molecule has 1 aliphatic rings. The van der Waals surface area contributed by atoms with Gasteiger partial charge >= 0.3 is 0 Å². The zero-order valence-corrected chi connectivity index (χ0v) is 10.5. The SMILES string of the molecule is NCCN1CCC(C(=O)Nc2ccccn2)CC1. The Morgan fingerprint density at radius 2 is 2.22 bits per heavy atom. The number of nitrogens with one attached hydrogen (secondary N) is 1. The average Bonchev–Trinajstić information content (AvgIpc) is 2.41. The van der Waals surface area contributed by atoms with Crippen LogP contribution in [0.1, 0.15) is 12.8 Å². The van der Waals surface area contributed by atoms with Gasteiger partial charge in [0.2, 0.25) is 5.91 Å². The zero-order valence-electron chi connectivity index (χ0n) is 10.5. The van der Waals surface area contributed by atoms with Gasteiger partial charge in [-0.05, 0) is 38.1 Å². The fourth-order valence-electron chi connectivity index (χ4n) is 2.27. The van der Waals surface area contributed by atoms with Crippen LogP contribution in [0.25, 0.3) is 0 Å². The monoisotopic (exact) mass is 248 g/mol. The first kappa shape index (κ1) is 13.0. The second kappa shape index (κ2) is 6.47. The number of likely N-dealkylation sites (tertiary alicyclic amines) is 1. The van der Waals surface area contributed by atoms with Crippen molar-refractivity contribution in [2.45, 2.75) is 12.8 Å². The number of nitrogens with two attached hydrogens (primary N) is 1. The summed E-state index contributed by atoms with van der Waals surface area (Å²) in [6, 6.07) is 5.51. The Hall–Kier alpha value is -1.46. The highest BCUT2D eigenvalue weighted by atomic mass is 16.1. The molecule has 1 aromatic rings. The van der Waals surface area contributed by atoms with Crippen LogP contribution >= 0.6 is 0 Å². The Morgan fingerprint density at radius 3 is 2.83 bits per heavy atom. The number of carbonyl (C=O) groups is 1. The van der Waals surface area contributed by atoms with Crippen molar-refractivity contribution in [3.05, 3.63) is 24.4 Å². The van der Waals surface area contributed by atoms with E-state index in [1.165, 1.54) is 0 Å². The molecule has 3 N–H and O–H groups in total. The fraction of sp³-hybridized carbons (Fsp3) is 0.538. The summed E-state index contributed by atoms with van der Waals surface area (Å²) in [4.78, 5) is 18.4. The number of rotatable bonds is 4. The zero-order chi connectivity index (χ0) is 12.8. The molecule has 1 aromatic heterocycles. The quantitative estimate of drug-likeness (QED) is 0.822. The van der Waals surface area contributed by atoms with Crippen LogP contribution in [0.15, 0.2) is 24.4 Å². The number of hydrogen-bond acceptors (Lipinski definition) is 4. The summed E-state index contributed by atoms with van der Waals surface area (Å²) in [6.45, 7) is 3.52. The molecule has 0 saturated carbocycles. The van der Waals surface area contributed by atoms with Gasteiger partial charge in [-0.15, -0.1) is 0 Å². The van der Waals surface area contributed by atoms with E-state index in [1.807, 2.05) is 12.1 Å². The highest BCUT2D eigenvalue weighted by Gasteiger charge is 2.24. The number of aromatic nitrogens is 1. The number of pyridine rings is 1. The molecule has 2 rings (SSSR count). The van der Waals surface area contributed by atoms with Crippen LogP contribution in [-0.2, 0) is 4.79 Å². The number of nitrogens with zero attached hydrogens (tertiary/aromatic N) is 2. The van der Waals surface area contributed by atoms with E-state index in [-0.39, 0.29) is 11.8 Å². The van der Waals surface area contributed by atoms with Crippen LogP contribution in [0.2, 0.25) is 0 Å². The molecule has 0 atom stereocenters. The van der Waals surface area contributed by atoms with Gasteiger partial charge in [0.1, 0.15) is 5.82 Å². The molecule has 2 heterocycles. The van der Waals surface area contributed by atoms with Crippen LogP contribution < -0.4 is 11.1 Å². The Morgan fingerprint density at radius 1 is 1.44 bits per heavy atom. The van der Waals surface area contributed by atoms with E-state index in [9.17, 15) is 4.79 Å². The van der Waals surface area contributed by atoms with Crippen LogP contribution in [0.4, 0.5) is 5.82 Å². The molecule has 0 radical (unpaired) electrons. The maximum atomic E-state index is 12.0. The second-order valence-corrected chi connectivity index (χ2v) is 4.61. The van der Waals surface area contributed by atoms with Crippen LogP contribution in [0.3, 0.4) is 0 Å². The molecular formula is C13H20N4O. The number of carbonyl (C=O) groups excluding carboxylic acids is 1. The standard InChI is InChI=1S/C13H20N4O/c14-6-10-17-8-4-11(5-9-17)13(18)16-12-3-1-2-7-15-12/h1-3,7,11H,4-6,8-10,14H2,(H,15,16,18). The van der Waals surface area contributed by atoms with Crippen molar-refractivity contribution >= 4 is 11.7 Å². The number of hydrogen-bond donors (Lipinski definition) is 2. The van der Waals surface area contributed by atoms with Gasteiger partial charge in [-0.2, -0.15) is 0 Å². The maximum absolute atomic E-state index is 12.0.